The molecule has 0 atom stereocenters. The predicted molar refractivity (Wildman–Crippen MR) is 69.1 cm³/mol. The van der Waals surface area contributed by atoms with Crippen LogP contribution in [-0.4, -0.2) is 25.1 Å². The Bertz CT molecular complexity index is 525. The van der Waals surface area contributed by atoms with Gasteiger partial charge in [0, 0.05) is 5.56 Å². The van der Waals surface area contributed by atoms with Crippen molar-refractivity contribution in [3.63, 3.8) is 0 Å². The lowest BCUT2D eigenvalue weighted by molar-refractivity contribution is 0.853. The summed E-state index contributed by atoms with van der Waals surface area (Å²) in [5, 5.41) is 8.36. The lowest BCUT2D eigenvalue weighted by Gasteiger charge is -2.09. The SMILES string of the molecule is CCCc1c(NN)ncnc1Sc1n[nH]c(C)n1. The summed E-state index contributed by atoms with van der Waals surface area (Å²) in [6.07, 6.45) is 3.32. The fraction of sp³-hybridized carbons (Fsp3) is 0.400. The summed E-state index contributed by atoms with van der Waals surface area (Å²) in [6, 6.07) is 0. The summed E-state index contributed by atoms with van der Waals surface area (Å²) in [7, 11) is 0. The summed E-state index contributed by atoms with van der Waals surface area (Å²) in [4.78, 5) is 12.6. The Kier molecular flexibility index (Phi) is 4.11. The molecule has 96 valence electrons. The maximum absolute atomic E-state index is 5.46. The number of rotatable bonds is 5. The largest absolute Gasteiger partial charge is 0.308 e. The molecule has 0 aliphatic rings. The van der Waals surface area contributed by atoms with Crippen molar-refractivity contribution in [2.45, 2.75) is 36.9 Å². The van der Waals surface area contributed by atoms with E-state index in [0.717, 1.165) is 29.3 Å². The van der Waals surface area contributed by atoms with Gasteiger partial charge in [0.05, 0.1) is 0 Å². The molecule has 18 heavy (non-hydrogen) atoms. The first-order valence-electron chi connectivity index (χ1n) is 5.62. The maximum atomic E-state index is 5.46. The quantitative estimate of drug-likeness (QED) is 0.425. The van der Waals surface area contributed by atoms with E-state index in [1.807, 2.05) is 6.92 Å². The van der Waals surface area contributed by atoms with Crippen molar-refractivity contribution in [3.05, 3.63) is 17.7 Å². The van der Waals surface area contributed by atoms with Crippen molar-refractivity contribution in [2.75, 3.05) is 5.43 Å². The van der Waals surface area contributed by atoms with Crippen LogP contribution in [0.1, 0.15) is 24.7 Å². The first-order valence-corrected chi connectivity index (χ1v) is 6.43. The molecular weight excluding hydrogens is 250 g/mol. The first kappa shape index (κ1) is 12.8. The Labute approximate surface area is 109 Å². The van der Waals surface area contributed by atoms with Crippen LogP contribution in [0.25, 0.3) is 0 Å². The summed E-state index contributed by atoms with van der Waals surface area (Å²) < 4.78 is 0. The van der Waals surface area contributed by atoms with Crippen LogP contribution in [0.15, 0.2) is 16.5 Å². The standard InChI is InChI=1S/C10H15N7S/c1-3-4-7-8(15-11)12-5-13-9(7)18-10-14-6(2)16-17-10/h5H,3-4,11H2,1-2H3,(H,12,13,15)(H,14,16,17). The number of nitrogen functional groups attached to an aromatic ring is 1. The first-order chi connectivity index (χ1) is 8.74. The second-order valence-corrected chi connectivity index (χ2v) is 4.66. The molecule has 0 aliphatic heterocycles. The number of hydrogen-bond donors (Lipinski definition) is 3. The van der Waals surface area contributed by atoms with Crippen molar-refractivity contribution >= 4 is 17.6 Å². The third-order valence-electron chi connectivity index (χ3n) is 2.31. The van der Waals surface area contributed by atoms with Crippen LogP contribution in [-0.2, 0) is 6.42 Å². The van der Waals surface area contributed by atoms with Crippen LogP contribution >= 0.6 is 11.8 Å². The van der Waals surface area contributed by atoms with Crippen LogP contribution in [0.2, 0.25) is 0 Å². The van der Waals surface area contributed by atoms with Crippen molar-refractivity contribution in [3.8, 4) is 0 Å². The second kappa shape index (κ2) is 5.78. The molecule has 2 rings (SSSR count). The Morgan fingerprint density at radius 3 is 2.89 bits per heavy atom. The van der Waals surface area contributed by atoms with Gasteiger partial charge < -0.3 is 5.43 Å². The van der Waals surface area contributed by atoms with Crippen LogP contribution in [0, 0.1) is 6.92 Å². The highest BCUT2D eigenvalue weighted by Crippen LogP contribution is 2.29. The minimum Gasteiger partial charge on any atom is -0.308 e. The highest BCUT2D eigenvalue weighted by atomic mass is 32.2. The van der Waals surface area contributed by atoms with E-state index < -0.39 is 0 Å². The van der Waals surface area contributed by atoms with Crippen LogP contribution in [0.4, 0.5) is 5.82 Å². The zero-order chi connectivity index (χ0) is 13.0. The number of H-pyrrole nitrogens is 1. The average molecular weight is 265 g/mol. The molecule has 2 aromatic rings. The van der Waals surface area contributed by atoms with Crippen LogP contribution in [0.3, 0.4) is 0 Å². The van der Waals surface area contributed by atoms with Gasteiger partial charge >= 0.3 is 0 Å². The molecule has 2 aromatic heterocycles. The molecule has 0 saturated heterocycles. The zero-order valence-corrected chi connectivity index (χ0v) is 11.1. The number of nitrogens with one attached hydrogen (secondary N) is 2. The Morgan fingerprint density at radius 1 is 1.44 bits per heavy atom. The van der Waals surface area contributed by atoms with Gasteiger partial charge in [0.1, 0.15) is 23.0 Å². The van der Waals surface area contributed by atoms with Gasteiger partial charge in [0.15, 0.2) is 0 Å². The number of anilines is 1. The molecule has 0 amide bonds. The van der Waals surface area contributed by atoms with Gasteiger partial charge in [-0.05, 0) is 25.1 Å². The van der Waals surface area contributed by atoms with Gasteiger partial charge in [0.2, 0.25) is 5.16 Å². The molecule has 0 aliphatic carbocycles. The maximum Gasteiger partial charge on any atom is 0.214 e. The predicted octanol–water partition coefficient (Wildman–Crippen LogP) is 1.29. The number of hydrazine groups is 1. The Hall–Kier alpha value is -1.67. The van der Waals surface area contributed by atoms with E-state index >= 15 is 0 Å². The normalized spacial score (nSPS) is 10.6. The Balaban J connectivity index is 2.31. The van der Waals surface area contributed by atoms with E-state index in [1.165, 1.54) is 18.1 Å². The van der Waals surface area contributed by atoms with E-state index in [9.17, 15) is 0 Å². The highest BCUT2D eigenvalue weighted by molar-refractivity contribution is 7.99. The van der Waals surface area contributed by atoms with Gasteiger partial charge in [0.25, 0.3) is 0 Å². The molecule has 0 saturated carbocycles. The molecule has 4 N–H and O–H groups in total. The molecule has 0 radical (unpaired) electrons. The lowest BCUT2D eigenvalue weighted by atomic mass is 10.2. The van der Waals surface area contributed by atoms with Gasteiger partial charge in [-0.25, -0.2) is 20.8 Å². The van der Waals surface area contributed by atoms with Gasteiger partial charge in [-0.3, -0.25) is 5.10 Å². The number of nitrogens with zero attached hydrogens (tertiary/aromatic N) is 4. The van der Waals surface area contributed by atoms with Crippen molar-refractivity contribution in [1.29, 1.82) is 0 Å². The van der Waals surface area contributed by atoms with Crippen molar-refractivity contribution < 1.29 is 0 Å². The minimum absolute atomic E-state index is 0.645. The number of aromatic amines is 1. The Morgan fingerprint density at radius 2 is 2.28 bits per heavy atom. The molecule has 0 spiro atoms. The second-order valence-electron chi connectivity index (χ2n) is 3.71. The van der Waals surface area contributed by atoms with E-state index in [0.29, 0.717) is 11.0 Å². The number of nitrogens with two attached hydrogens (primary N) is 1. The monoisotopic (exact) mass is 265 g/mol. The molecular formula is C10H15N7S. The van der Waals surface area contributed by atoms with Gasteiger partial charge in [-0.2, -0.15) is 0 Å². The van der Waals surface area contributed by atoms with Gasteiger partial charge in [-0.15, -0.1) is 5.10 Å². The van der Waals surface area contributed by atoms with Gasteiger partial charge in [-0.1, -0.05) is 13.3 Å². The smallest absolute Gasteiger partial charge is 0.214 e. The fourth-order valence-electron chi connectivity index (χ4n) is 1.54. The molecule has 2 heterocycles. The molecule has 0 aromatic carbocycles. The van der Waals surface area contributed by atoms with E-state index in [4.69, 9.17) is 5.84 Å². The van der Waals surface area contributed by atoms with Crippen LogP contribution in [0.5, 0.6) is 0 Å². The molecule has 0 fully saturated rings. The minimum atomic E-state index is 0.645. The molecule has 7 nitrogen and oxygen atoms in total. The summed E-state index contributed by atoms with van der Waals surface area (Å²) in [6.45, 7) is 3.95. The molecule has 8 heteroatoms. The van der Waals surface area contributed by atoms with E-state index in [-0.39, 0.29) is 0 Å². The highest BCUT2D eigenvalue weighted by Gasteiger charge is 2.13. The molecule has 0 unspecified atom stereocenters. The number of aryl methyl sites for hydroxylation is 1. The number of hydrogen-bond acceptors (Lipinski definition) is 7. The summed E-state index contributed by atoms with van der Waals surface area (Å²) in [5.41, 5.74) is 3.59. The fourth-order valence-corrected chi connectivity index (χ4v) is 2.41. The third kappa shape index (κ3) is 2.77. The topological polar surface area (TPSA) is 105 Å². The summed E-state index contributed by atoms with van der Waals surface area (Å²) in [5.74, 6) is 6.89. The van der Waals surface area contributed by atoms with Crippen molar-refractivity contribution in [2.24, 2.45) is 5.84 Å². The van der Waals surface area contributed by atoms with Crippen molar-refractivity contribution in [1.82, 2.24) is 25.1 Å². The summed E-state index contributed by atoms with van der Waals surface area (Å²) >= 11 is 1.40. The molecule has 0 bridgehead atoms. The van der Waals surface area contributed by atoms with Crippen LogP contribution < -0.4 is 11.3 Å². The van der Waals surface area contributed by atoms with E-state index in [1.54, 1.807) is 0 Å². The van der Waals surface area contributed by atoms with E-state index in [2.05, 4.69) is 37.5 Å². The zero-order valence-electron chi connectivity index (χ0n) is 10.3. The lowest BCUT2D eigenvalue weighted by Crippen LogP contribution is -2.12. The third-order valence-corrected chi connectivity index (χ3v) is 3.22. The average Bonchev–Trinajstić information content (AvgIpc) is 2.77. The number of aromatic nitrogens is 5.